The van der Waals surface area contributed by atoms with Crippen LogP contribution in [0.3, 0.4) is 0 Å². The molecule has 0 bridgehead atoms. The second-order valence-corrected chi connectivity index (χ2v) is 7.34. The predicted octanol–water partition coefficient (Wildman–Crippen LogP) is 7.08. The third kappa shape index (κ3) is 12.4. The van der Waals surface area contributed by atoms with E-state index in [0.717, 1.165) is 38.5 Å². The number of allylic oxidation sites excluding steroid dienone is 6. The van der Waals surface area contributed by atoms with Gasteiger partial charge in [-0.3, -0.25) is 4.79 Å². The minimum absolute atomic E-state index is 0.170. The van der Waals surface area contributed by atoms with Crippen LogP contribution in [0.2, 0.25) is 0 Å². The first-order chi connectivity index (χ1) is 11.7. The molecular weight excluding hydrogens is 308 g/mol. The van der Waals surface area contributed by atoms with Gasteiger partial charge in [-0.1, -0.05) is 48.5 Å². The molecule has 0 N–H and O–H groups in total. The van der Waals surface area contributed by atoms with Gasteiger partial charge in [0.2, 0.25) is 0 Å². The van der Waals surface area contributed by atoms with Crippen LogP contribution in [0.15, 0.2) is 47.6 Å². The summed E-state index contributed by atoms with van der Waals surface area (Å²) in [6.45, 7) is 16.2. The first kappa shape index (κ1) is 23.4. The standard InChI is InChI=1S/C23H38O2/c1-8-22(24)25-23(7,9-2)18-12-17-21(6)16-11-15-20(5)14-10-13-19(3)4/h9,13,15,17H,2,8,10-12,14,16,18H2,1,3-7H3/b20-15+,21-17+. The summed E-state index contributed by atoms with van der Waals surface area (Å²) in [6, 6.07) is 0. The first-order valence-electron chi connectivity index (χ1n) is 9.52. The van der Waals surface area contributed by atoms with Gasteiger partial charge in [0, 0.05) is 6.42 Å². The first-order valence-corrected chi connectivity index (χ1v) is 9.52. The highest BCUT2D eigenvalue weighted by Gasteiger charge is 2.23. The van der Waals surface area contributed by atoms with Gasteiger partial charge in [0.25, 0.3) is 0 Å². The fourth-order valence-electron chi connectivity index (χ4n) is 2.47. The van der Waals surface area contributed by atoms with E-state index < -0.39 is 5.60 Å². The van der Waals surface area contributed by atoms with Crippen LogP contribution in [0.4, 0.5) is 0 Å². The molecule has 0 aliphatic carbocycles. The molecule has 2 nitrogen and oxygen atoms in total. The van der Waals surface area contributed by atoms with Gasteiger partial charge in [-0.2, -0.15) is 0 Å². The van der Waals surface area contributed by atoms with Crippen molar-refractivity contribution < 1.29 is 9.53 Å². The van der Waals surface area contributed by atoms with Crippen LogP contribution in [0.25, 0.3) is 0 Å². The molecule has 0 aliphatic heterocycles. The molecule has 1 atom stereocenters. The number of carbonyl (C=O) groups excluding carboxylic acids is 1. The average Bonchev–Trinajstić information content (AvgIpc) is 2.54. The summed E-state index contributed by atoms with van der Waals surface area (Å²) in [7, 11) is 0. The van der Waals surface area contributed by atoms with Crippen molar-refractivity contribution >= 4 is 5.97 Å². The van der Waals surface area contributed by atoms with Gasteiger partial charge in [0.05, 0.1) is 0 Å². The van der Waals surface area contributed by atoms with Gasteiger partial charge in [0.15, 0.2) is 0 Å². The van der Waals surface area contributed by atoms with E-state index in [2.05, 4.69) is 52.5 Å². The molecule has 142 valence electrons. The number of ether oxygens (including phenoxy) is 1. The molecule has 0 aromatic rings. The fourth-order valence-corrected chi connectivity index (χ4v) is 2.47. The third-order valence-electron chi connectivity index (χ3n) is 4.32. The Morgan fingerprint density at radius 3 is 1.96 bits per heavy atom. The Balaban J connectivity index is 4.26. The second-order valence-electron chi connectivity index (χ2n) is 7.34. The maximum atomic E-state index is 11.5. The minimum Gasteiger partial charge on any atom is -0.455 e. The van der Waals surface area contributed by atoms with Gasteiger partial charge >= 0.3 is 5.97 Å². The highest BCUT2D eigenvalue weighted by atomic mass is 16.6. The zero-order valence-electron chi connectivity index (χ0n) is 17.3. The quantitative estimate of drug-likeness (QED) is 0.279. The monoisotopic (exact) mass is 346 g/mol. The van der Waals surface area contributed by atoms with Crippen molar-refractivity contribution in [3.05, 3.63) is 47.6 Å². The number of hydrogen-bond donors (Lipinski definition) is 0. The summed E-state index contributed by atoms with van der Waals surface area (Å²) in [5, 5.41) is 0. The van der Waals surface area contributed by atoms with E-state index in [-0.39, 0.29) is 5.97 Å². The minimum atomic E-state index is -0.564. The van der Waals surface area contributed by atoms with E-state index in [1.165, 1.54) is 16.7 Å². The van der Waals surface area contributed by atoms with Crippen LogP contribution >= 0.6 is 0 Å². The summed E-state index contributed by atoms with van der Waals surface area (Å²) in [6.07, 6.45) is 15.2. The number of rotatable bonds is 12. The Bertz CT molecular complexity index is 504. The SMILES string of the molecule is C=CC(C)(CC/C=C(\C)CC/C=C(\C)CCC=C(C)C)OC(=O)CC. The molecule has 0 saturated heterocycles. The Morgan fingerprint density at radius 1 is 0.960 bits per heavy atom. The summed E-state index contributed by atoms with van der Waals surface area (Å²) in [4.78, 5) is 11.5. The van der Waals surface area contributed by atoms with Crippen molar-refractivity contribution in [1.82, 2.24) is 0 Å². The molecule has 0 aromatic heterocycles. The Labute approximate surface area is 155 Å². The lowest BCUT2D eigenvalue weighted by Crippen LogP contribution is -2.28. The van der Waals surface area contributed by atoms with Crippen LogP contribution in [-0.4, -0.2) is 11.6 Å². The molecule has 0 fully saturated rings. The smallest absolute Gasteiger partial charge is 0.306 e. The van der Waals surface area contributed by atoms with Crippen molar-refractivity contribution in [2.24, 2.45) is 0 Å². The lowest BCUT2D eigenvalue weighted by atomic mass is 9.98. The van der Waals surface area contributed by atoms with Crippen molar-refractivity contribution in [2.45, 2.75) is 92.1 Å². The summed E-state index contributed by atoms with van der Waals surface area (Å²) < 4.78 is 5.48. The maximum Gasteiger partial charge on any atom is 0.306 e. The number of esters is 1. The molecule has 0 heterocycles. The predicted molar refractivity (Wildman–Crippen MR) is 110 cm³/mol. The number of carbonyl (C=O) groups is 1. The van der Waals surface area contributed by atoms with Gasteiger partial charge < -0.3 is 4.74 Å². The van der Waals surface area contributed by atoms with E-state index >= 15 is 0 Å². The maximum absolute atomic E-state index is 11.5. The molecule has 0 aliphatic rings. The average molecular weight is 347 g/mol. The Morgan fingerprint density at radius 2 is 1.48 bits per heavy atom. The van der Waals surface area contributed by atoms with Crippen molar-refractivity contribution in [2.75, 3.05) is 0 Å². The fraction of sp³-hybridized carbons (Fsp3) is 0.609. The summed E-state index contributed by atoms with van der Waals surface area (Å²) in [5.41, 5.74) is 3.69. The molecule has 0 radical (unpaired) electrons. The van der Waals surface area contributed by atoms with Crippen LogP contribution in [0, 0.1) is 0 Å². The number of hydrogen-bond acceptors (Lipinski definition) is 2. The Kier molecular flexibility index (Phi) is 11.9. The summed E-state index contributed by atoms with van der Waals surface area (Å²) in [5.74, 6) is -0.170. The molecule has 0 rings (SSSR count). The summed E-state index contributed by atoms with van der Waals surface area (Å²) >= 11 is 0. The van der Waals surface area contributed by atoms with Gasteiger partial charge in [-0.05, 0) is 79.2 Å². The van der Waals surface area contributed by atoms with Crippen LogP contribution in [-0.2, 0) is 9.53 Å². The molecule has 0 aromatic carbocycles. The van der Waals surface area contributed by atoms with Crippen LogP contribution in [0.5, 0.6) is 0 Å². The molecule has 0 amide bonds. The molecular formula is C23H38O2. The lowest BCUT2D eigenvalue weighted by Gasteiger charge is -2.25. The van der Waals surface area contributed by atoms with E-state index in [9.17, 15) is 4.79 Å². The largest absolute Gasteiger partial charge is 0.455 e. The van der Waals surface area contributed by atoms with Crippen molar-refractivity contribution in [1.29, 1.82) is 0 Å². The van der Waals surface area contributed by atoms with Crippen LogP contribution < -0.4 is 0 Å². The van der Waals surface area contributed by atoms with Gasteiger partial charge in [-0.15, -0.1) is 0 Å². The highest BCUT2D eigenvalue weighted by molar-refractivity contribution is 5.69. The molecule has 2 heteroatoms. The molecule has 25 heavy (non-hydrogen) atoms. The topological polar surface area (TPSA) is 26.3 Å². The Hall–Kier alpha value is -1.57. The molecule has 0 saturated carbocycles. The van der Waals surface area contributed by atoms with E-state index in [0.29, 0.717) is 6.42 Å². The third-order valence-corrected chi connectivity index (χ3v) is 4.32. The normalized spacial score (nSPS) is 14.6. The zero-order valence-corrected chi connectivity index (χ0v) is 17.3. The second kappa shape index (κ2) is 12.7. The van der Waals surface area contributed by atoms with Gasteiger partial charge in [0.1, 0.15) is 5.60 Å². The highest BCUT2D eigenvalue weighted by Crippen LogP contribution is 2.21. The molecule has 1 unspecified atom stereocenters. The van der Waals surface area contributed by atoms with E-state index in [4.69, 9.17) is 4.74 Å². The van der Waals surface area contributed by atoms with Crippen molar-refractivity contribution in [3.8, 4) is 0 Å². The van der Waals surface area contributed by atoms with Crippen LogP contribution in [0.1, 0.15) is 86.5 Å². The molecule has 0 spiro atoms. The zero-order chi connectivity index (χ0) is 19.3. The lowest BCUT2D eigenvalue weighted by molar-refractivity contribution is -0.153. The van der Waals surface area contributed by atoms with E-state index in [1.54, 1.807) is 6.08 Å². The van der Waals surface area contributed by atoms with Crippen molar-refractivity contribution in [3.63, 3.8) is 0 Å². The van der Waals surface area contributed by atoms with E-state index in [1.807, 2.05) is 13.8 Å². The van der Waals surface area contributed by atoms with Gasteiger partial charge in [-0.25, -0.2) is 0 Å².